The summed E-state index contributed by atoms with van der Waals surface area (Å²) >= 11 is 0. The van der Waals surface area contributed by atoms with E-state index in [-0.39, 0.29) is 28.8 Å². The lowest BCUT2D eigenvalue weighted by molar-refractivity contribution is -0.115. The Kier molecular flexibility index (Phi) is 9.98. The van der Waals surface area contributed by atoms with Crippen LogP contribution in [-0.2, 0) is 22.2 Å². The number of hydrogen-bond donors (Lipinski definition) is 5. The molecule has 0 fully saturated rings. The molecule has 0 aliphatic carbocycles. The van der Waals surface area contributed by atoms with E-state index in [2.05, 4.69) is 32.6 Å². The van der Waals surface area contributed by atoms with Crippen LogP contribution in [0.2, 0.25) is 0 Å². The van der Waals surface area contributed by atoms with E-state index < -0.39 is 16.8 Å². The van der Waals surface area contributed by atoms with E-state index in [0.29, 0.717) is 46.8 Å². The molecule has 2 heterocycles. The summed E-state index contributed by atoms with van der Waals surface area (Å²) < 4.78 is 31.2. The SMILES string of the molecule is CCCCCNCC(=O)Nc1ccc(NS(=O)c2ccc(-c3cnc(N)c(-c4ccc5c(c4)CCNC5=O)c3)c(F)c2)cc1. The Morgan fingerprint density at radius 2 is 1.75 bits per heavy atom. The van der Waals surface area contributed by atoms with Crippen LogP contribution in [0.3, 0.4) is 0 Å². The van der Waals surface area contributed by atoms with E-state index in [0.717, 1.165) is 36.9 Å². The minimum Gasteiger partial charge on any atom is -0.383 e. The second-order valence-electron chi connectivity index (χ2n) is 10.6. The number of amides is 2. The van der Waals surface area contributed by atoms with Crippen molar-refractivity contribution in [3.05, 3.63) is 89.9 Å². The lowest BCUT2D eigenvalue weighted by Gasteiger charge is -2.18. The molecule has 4 aromatic rings. The van der Waals surface area contributed by atoms with Gasteiger partial charge in [0, 0.05) is 46.4 Å². The van der Waals surface area contributed by atoms with Gasteiger partial charge in [0.2, 0.25) is 5.91 Å². The van der Waals surface area contributed by atoms with Gasteiger partial charge in [-0.15, -0.1) is 0 Å². The van der Waals surface area contributed by atoms with Gasteiger partial charge >= 0.3 is 0 Å². The van der Waals surface area contributed by atoms with Crippen molar-refractivity contribution in [2.75, 3.05) is 35.4 Å². The number of nitrogen functional groups attached to an aromatic ring is 1. The summed E-state index contributed by atoms with van der Waals surface area (Å²) in [7, 11) is -1.73. The molecule has 1 unspecified atom stereocenters. The third-order valence-electron chi connectivity index (χ3n) is 7.35. The maximum atomic E-state index is 15.4. The summed E-state index contributed by atoms with van der Waals surface area (Å²) in [4.78, 5) is 28.8. The molecule has 0 radical (unpaired) electrons. The predicted molar refractivity (Wildman–Crippen MR) is 173 cm³/mol. The maximum absolute atomic E-state index is 15.4. The monoisotopic (exact) mass is 614 g/mol. The average molecular weight is 615 g/mol. The van der Waals surface area contributed by atoms with Crippen molar-refractivity contribution >= 4 is 40.0 Å². The van der Waals surface area contributed by atoms with Crippen molar-refractivity contribution in [2.45, 2.75) is 37.5 Å². The first kappa shape index (κ1) is 30.8. The van der Waals surface area contributed by atoms with Gasteiger partial charge in [0.05, 0.1) is 11.4 Å². The number of hydrogen-bond acceptors (Lipinski definition) is 6. The van der Waals surface area contributed by atoms with Crippen LogP contribution >= 0.6 is 0 Å². The zero-order chi connectivity index (χ0) is 31.1. The lowest BCUT2D eigenvalue weighted by atomic mass is 9.94. The predicted octanol–water partition coefficient (Wildman–Crippen LogP) is 5.28. The van der Waals surface area contributed by atoms with Crippen LogP contribution in [0.4, 0.5) is 21.6 Å². The first-order valence-electron chi connectivity index (χ1n) is 14.6. The molecule has 1 atom stereocenters. The number of benzene rings is 3. The van der Waals surface area contributed by atoms with E-state index in [1.54, 1.807) is 48.5 Å². The van der Waals surface area contributed by atoms with E-state index in [9.17, 15) is 13.8 Å². The molecule has 0 saturated carbocycles. The molecule has 6 N–H and O–H groups in total. The Labute approximate surface area is 258 Å². The maximum Gasteiger partial charge on any atom is 0.251 e. The van der Waals surface area contributed by atoms with Crippen LogP contribution in [-0.4, -0.2) is 40.6 Å². The number of pyridine rings is 1. The van der Waals surface area contributed by atoms with Gasteiger partial charge in [-0.25, -0.2) is 13.6 Å². The van der Waals surface area contributed by atoms with Gasteiger partial charge in [-0.2, -0.15) is 0 Å². The van der Waals surface area contributed by atoms with E-state index in [4.69, 9.17) is 5.73 Å². The number of nitrogens with one attached hydrogen (secondary N) is 4. The van der Waals surface area contributed by atoms with Gasteiger partial charge in [0.15, 0.2) is 0 Å². The van der Waals surface area contributed by atoms with Crippen molar-refractivity contribution in [3.63, 3.8) is 0 Å². The number of nitrogens with zero attached hydrogens (tertiary/aromatic N) is 1. The van der Waals surface area contributed by atoms with Crippen LogP contribution < -0.4 is 26.4 Å². The number of nitrogens with two attached hydrogens (primary N) is 1. The number of carbonyl (C=O) groups excluding carboxylic acids is 2. The minimum absolute atomic E-state index is 0.103. The number of anilines is 3. The second-order valence-corrected chi connectivity index (χ2v) is 11.8. The first-order valence-corrected chi connectivity index (χ1v) is 15.7. The number of carbonyl (C=O) groups is 2. The molecule has 9 nitrogen and oxygen atoms in total. The Hall–Kier alpha value is -4.61. The highest BCUT2D eigenvalue weighted by atomic mass is 32.2. The number of halogens is 1. The van der Waals surface area contributed by atoms with Crippen LogP contribution in [0.15, 0.2) is 77.8 Å². The fourth-order valence-corrected chi connectivity index (χ4v) is 5.86. The summed E-state index contributed by atoms with van der Waals surface area (Å²) in [6.07, 6.45) is 5.50. The summed E-state index contributed by atoms with van der Waals surface area (Å²) in [6.45, 7) is 3.73. The van der Waals surface area contributed by atoms with Gasteiger partial charge < -0.3 is 26.4 Å². The third-order valence-corrected chi connectivity index (χ3v) is 8.45. The Balaban J connectivity index is 1.24. The van der Waals surface area contributed by atoms with Crippen LogP contribution in [0.25, 0.3) is 22.3 Å². The standard InChI is InChI=1S/C33H35FN6O3S/c1-2-3-4-14-36-20-31(41)39-24-6-8-25(9-7-24)40-44(43)26-10-12-27(30(34)18-26)23-17-29(32(35)38-19-23)21-5-11-28-22(16-21)13-15-37-33(28)42/h5-12,16-19,36,40H,2-4,13-15,20H2,1H3,(H2,35,38)(H,37,42)(H,39,41). The van der Waals surface area contributed by atoms with E-state index in [1.807, 2.05) is 12.1 Å². The van der Waals surface area contributed by atoms with Crippen molar-refractivity contribution < 1.29 is 18.2 Å². The normalized spacial score (nSPS) is 13.1. The van der Waals surface area contributed by atoms with Crippen molar-refractivity contribution in [2.24, 2.45) is 0 Å². The molecule has 0 bridgehead atoms. The van der Waals surface area contributed by atoms with Crippen LogP contribution in [0.5, 0.6) is 0 Å². The first-order chi connectivity index (χ1) is 21.3. The molecule has 5 rings (SSSR count). The zero-order valence-corrected chi connectivity index (χ0v) is 25.2. The summed E-state index contributed by atoms with van der Waals surface area (Å²) in [6, 6.07) is 18.5. The van der Waals surface area contributed by atoms with Crippen LogP contribution in [0.1, 0.15) is 42.1 Å². The number of fused-ring (bicyclic) bond motifs is 1. The quantitative estimate of drug-likeness (QED) is 0.138. The smallest absolute Gasteiger partial charge is 0.251 e. The topological polar surface area (TPSA) is 138 Å². The second kappa shape index (κ2) is 14.2. The molecular weight excluding hydrogens is 579 g/mol. The molecule has 11 heteroatoms. The molecule has 1 aromatic heterocycles. The molecule has 3 aromatic carbocycles. The average Bonchev–Trinajstić information content (AvgIpc) is 3.02. The van der Waals surface area contributed by atoms with Crippen molar-refractivity contribution in [1.29, 1.82) is 0 Å². The molecular formula is C33H35FN6O3S. The molecule has 228 valence electrons. The van der Waals surface area contributed by atoms with Gasteiger partial charge in [0.1, 0.15) is 22.6 Å². The van der Waals surface area contributed by atoms with Crippen molar-refractivity contribution in [3.8, 4) is 22.3 Å². The Bertz CT molecular complexity index is 1700. The summed E-state index contributed by atoms with van der Waals surface area (Å²) in [5, 5.41) is 8.78. The molecule has 0 saturated heterocycles. The Morgan fingerprint density at radius 3 is 2.52 bits per heavy atom. The highest BCUT2D eigenvalue weighted by molar-refractivity contribution is 7.86. The minimum atomic E-state index is -1.73. The number of rotatable bonds is 12. The van der Waals surface area contributed by atoms with Gasteiger partial charge in [-0.05, 0) is 79.0 Å². The lowest BCUT2D eigenvalue weighted by Crippen LogP contribution is -2.31. The van der Waals surface area contributed by atoms with Crippen LogP contribution in [0, 0.1) is 5.82 Å². The highest BCUT2D eigenvalue weighted by Gasteiger charge is 2.19. The summed E-state index contributed by atoms with van der Waals surface area (Å²) in [5.41, 5.74) is 11.1. The number of unbranched alkanes of at least 4 members (excludes halogenated alkanes) is 2. The highest BCUT2D eigenvalue weighted by Crippen LogP contribution is 2.33. The van der Waals surface area contributed by atoms with Gasteiger partial charge in [-0.1, -0.05) is 38.0 Å². The van der Waals surface area contributed by atoms with E-state index in [1.165, 1.54) is 12.3 Å². The summed E-state index contributed by atoms with van der Waals surface area (Å²) in [5.74, 6) is -0.505. The fraction of sp³-hybridized carbons (Fsp3) is 0.242. The van der Waals surface area contributed by atoms with Crippen molar-refractivity contribution in [1.82, 2.24) is 15.6 Å². The van der Waals surface area contributed by atoms with Gasteiger partial charge in [-0.3, -0.25) is 9.59 Å². The van der Waals surface area contributed by atoms with Gasteiger partial charge in [0.25, 0.3) is 5.91 Å². The molecule has 1 aliphatic rings. The largest absolute Gasteiger partial charge is 0.383 e. The third kappa shape index (κ3) is 7.47. The molecule has 0 spiro atoms. The molecule has 44 heavy (non-hydrogen) atoms. The number of aromatic nitrogens is 1. The zero-order valence-electron chi connectivity index (χ0n) is 24.4. The van der Waals surface area contributed by atoms with E-state index >= 15 is 4.39 Å². The fourth-order valence-electron chi connectivity index (χ4n) is 4.99. The Morgan fingerprint density at radius 1 is 0.977 bits per heavy atom. The molecule has 1 aliphatic heterocycles. The molecule has 2 amide bonds.